The SMILES string of the molecule is CC(C)[C@@H](OC(=O)c1ccccc1)C(=O)O. The van der Waals surface area contributed by atoms with Gasteiger partial charge in [-0.05, 0) is 12.1 Å². The van der Waals surface area contributed by atoms with Crippen LogP contribution in [-0.4, -0.2) is 23.1 Å². The molecule has 0 fully saturated rings. The summed E-state index contributed by atoms with van der Waals surface area (Å²) in [6.07, 6.45) is -1.10. The van der Waals surface area contributed by atoms with Gasteiger partial charge >= 0.3 is 11.9 Å². The first kappa shape index (κ1) is 12.2. The van der Waals surface area contributed by atoms with Crippen LogP contribution in [0.5, 0.6) is 0 Å². The molecule has 4 heteroatoms. The molecule has 16 heavy (non-hydrogen) atoms. The summed E-state index contributed by atoms with van der Waals surface area (Å²) in [5, 5.41) is 8.86. The molecule has 0 saturated heterocycles. The first-order valence-corrected chi connectivity index (χ1v) is 5.01. The number of ether oxygens (including phenoxy) is 1. The minimum absolute atomic E-state index is 0.259. The molecule has 1 rings (SSSR count). The fraction of sp³-hybridized carbons (Fsp3) is 0.333. The maximum Gasteiger partial charge on any atom is 0.345 e. The molecule has 1 aromatic carbocycles. The van der Waals surface area contributed by atoms with Gasteiger partial charge in [-0.1, -0.05) is 32.0 Å². The third kappa shape index (κ3) is 3.08. The van der Waals surface area contributed by atoms with Crippen LogP contribution >= 0.6 is 0 Å². The van der Waals surface area contributed by atoms with E-state index in [0.29, 0.717) is 5.56 Å². The van der Waals surface area contributed by atoms with Crippen LogP contribution in [0.2, 0.25) is 0 Å². The van der Waals surface area contributed by atoms with Gasteiger partial charge in [0.1, 0.15) is 0 Å². The number of carbonyl (C=O) groups excluding carboxylic acids is 1. The Bertz CT molecular complexity index is 370. The predicted molar refractivity (Wildman–Crippen MR) is 58.1 cm³/mol. The predicted octanol–water partition coefficient (Wildman–Crippen LogP) is 1.95. The number of carboxylic acid groups (broad SMARTS) is 1. The van der Waals surface area contributed by atoms with Gasteiger partial charge in [-0.15, -0.1) is 0 Å². The Morgan fingerprint density at radius 2 is 1.75 bits per heavy atom. The molecule has 0 amide bonds. The smallest absolute Gasteiger partial charge is 0.345 e. The number of benzene rings is 1. The number of carbonyl (C=O) groups is 2. The van der Waals surface area contributed by atoms with Gasteiger partial charge in [-0.25, -0.2) is 9.59 Å². The van der Waals surface area contributed by atoms with Gasteiger partial charge in [-0.2, -0.15) is 0 Å². The van der Waals surface area contributed by atoms with Gasteiger partial charge in [0.05, 0.1) is 5.56 Å². The normalized spacial score (nSPS) is 12.2. The first-order chi connectivity index (χ1) is 7.52. The highest BCUT2D eigenvalue weighted by molar-refractivity contribution is 5.91. The molecular formula is C12H14O4. The van der Waals surface area contributed by atoms with E-state index in [0.717, 1.165) is 0 Å². The van der Waals surface area contributed by atoms with Crippen LogP contribution < -0.4 is 0 Å². The van der Waals surface area contributed by atoms with E-state index in [1.807, 2.05) is 0 Å². The molecule has 4 nitrogen and oxygen atoms in total. The highest BCUT2D eigenvalue weighted by atomic mass is 16.6. The summed E-state index contributed by atoms with van der Waals surface area (Å²) in [6, 6.07) is 8.33. The van der Waals surface area contributed by atoms with Crippen molar-refractivity contribution in [2.24, 2.45) is 5.92 Å². The van der Waals surface area contributed by atoms with Crippen molar-refractivity contribution in [1.29, 1.82) is 0 Å². The number of hydrogen-bond acceptors (Lipinski definition) is 3. The number of esters is 1. The summed E-state index contributed by atoms with van der Waals surface area (Å²) in [5.41, 5.74) is 0.356. The van der Waals surface area contributed by atoms with E-state index in [2.05, 4.69) is 0 Å². The molecule has 0 aliphatic carbocycles. The first-order valence-electron chi connectivity index (χ1n) is 5.01. The zero-order valence-corrected chi connectivity index (χ0v) is 9.21. The van der Waals surface area contributed by atoms with E-state index < -0.39 is 18.0 Å². The van der Waals surface area contributed by atoms with Crippen molar-refractivity contribution in [2.45, 2.75) is 20.0 Å². The molecule has 86 valence electrons. The summed E-state index contributed by atoms with van der Waals surface area (Å²) in [4.78, 5) is 22.4. The van der Waals surface area contributed by atoms with E-state index in [4.69, 9.17) is 9.84 Å². The molecule has 0 aliphatic heterocycles. The minimum Gasteiger partial charge on any atom is -0.478 e. The van der Waals surface area contributed by atoms with E-state index >= 15 is 0 Å². The topological polar surface area (TPSA) is 63.6 Å². The molecule has 0 spiro atoms. The summed E-state index contributed by atoms with van der Waals surface area (Å²) >= 11 is 0. The van der Waals surface area contributed by atoms with E-state index in [1.165, 1.54) is 0 Å². The molecule has 0 aromatic heterocycles. The van der Waals surface area contributed by atoms with Crippen molar-refractivity contribution in [2.75, 3.05) is 0 Å². The lowest BCUT2D eigenvalue weighted by molar-refractivity contribution is -0.149. The number of carboxylic acids is 1. The van der Waals surface area contributed by atoms with Gasteiger partial charge in [0, 0.05) is 5.92 Å². The van der Waals surface area contributed by atoms with Gasteiger partial charge in [0.25, 0.3) is 0 Å². The summed E-state index contributed by atoms with van der Waals surface area (Å²) in [5.74, 6) is -1.99. The second kappa shape index (κ2) is 5.30. The quantitative estimate of drug-likeness (QED) is 0.791. The van der Waals surface area contributed by atoms with Gasteiger partial charge in [0.15, 0.2) is 0 Å². The second-order valence-electron chi connectivity index (χ2n) is 3.77. The number of aliphatic carboxylic acids is 1. The Morgan fingerprint density at radius 1 is 1.19 bits per heavy atom. The summed E-state index contributed by atoms with van der Waals surface area (Å²) in [6.45, 7) is 3.38. The van der Waals surface area contributed by atoms with Crippen LogP contribution in [0.15, 0.2) is 30.3 Å². The zero-order chi connectivity index (χ0) is 12.1. The third-order valence-corrected chi connectivity index (χ3v) is 2.09. The molecule has 1 aromatic rings. The van der Waals surface area contributed by atoms with E-state index in [1.54, 1.807) is 44.2 Å². The monoisotopic (exact) mass is 222 g/mol. The fourth-order valence-electron chi connectivity index (χ4n) is 1.23. The van der Waals surface area contributed by atoms with Crippen LogP contribution in [0.1, 0.15) is 24.2 Å². The molecular weight excluding hydrogens is 208 g/mol. The van der Waals surface area contributed by atoms with Crippen molar-refractivity contribution < 1.29 is 19.4 Å². The summed E-state index contributed by atoms with van der Waals surface area (Å²) in [7, 11) is 0. The van der Waals surface area contributed by atoms with E-state index in [9.17, 15) is 9.59 Å². The second-order valence-corrected chi connectivity index (χ2v) is 3.77. The van der Waals surface area contributed by atoms with Crippen LogP contribution in [0.25, 0.3) is 0 Å². The van der Waals surface area contributed by atoms with Crippen molar-refractivity contribution in [3.63, 3.8) is 0 Å². The molecule has 0 aliphatic rings. The maximum atomic E-state index is 11.6. The lowest BCUT2D eigenvalue weighted by Gasteiger charge is -2.16. The molecule has 0 radical (unpaired) electrons. The van der Waals surface area contributed by atoms with Crippen molar-refractivity contribution in [3.05, 3.63) is 35.9 Å². The number of hydrogen-bond donors (Lipinski definition) is 1. The van der Waals surface area contributed by atoms with Crippen LogP contribution in [0, 0.1) is 5.92 Å². The Hall–Kier alpha value is -1.84. The standard InChI is InChI=1S/C12H14O4/c1-8(2)10(11(13)14)16-12(15)9-6-4-3-5-7-9/h3-8,10H,1-2H3,(H,13,14)/t10-/m1/s1. The fourth-order valence-corrected chi connectivity index (χ4v) is 1.23. The lowest BCUT2D eigenvalue weighted by Crippen LogP contribution is -2.31. The van der Waals surface area contributed by atoms with Gasteiger partial charge in [0.2, 0.25) is 6.10 Å². The Kier molecular flexibility index (Phi) is 4.05. The molecule has 1 N–H and O–H groups in total. The van der Waals surface area contributed by atoms with Crippen molar-refractivity contribution >= 4 is 11.9 Å². The molecule has 0 bridgehead atoms. The highest BCUT2D eigenvalue weighted by Crippen LogP contribution is 2.10. The van der Waals surface area contributed by atoms with Crippen LogP contribution in [0.3, 0.4) is 0 Å². The van der Waals surface area contributed by atoms with Crippen LogP contribution in [0.4, 0.5) is 0 Å². The van der Waals surface area contributed by atoms with Crippen LogP contribution in [-0.2, 0) is 9.53 Å². The Labute approximate surface area is 93.9 Å². The molecule has 0 saturated carbocycles. The highest BCUT2D eigenvalue weighted by Gasteiger charge is 2.26. The minimum atomic E-state index is -1.13. The van der Waals surface area contributed by atoms with Crippen molar-refractivity contribution in [3.8, 4) is 0 Å². The molecule has 1 atom stereocenters. The maximum absolute atomic E-state index is 11.6. The average molecular weight is 222 g/mol. The average Bonchev–Trinajstić information content (AvgIpc) is 2.25. The van der Waals surface area contributed by atoms with Gasteiger partial charge in [-0.3, -0.25) is 0 Å². The van der Waals surface area contributed by atoms with E-state index in [-0.39, 0.29) is 5.92 Å². The Balaban J connectivity index is 2.74. The number of rotatable bonds is 4. The van der Waals surface area contributed by atoms with Gasteiger partial charge < -0.3 is 9.84 Å². The Morgan fingerprint density at radius 3 is 2.19 bits per heavy atom. The van der Waals surface area contributed by atoms with Crippen molar-refractivity contribution in [1.82, 2.24) is 0 Å². The zero-order valence-electron chi connectivity index (χ0n) is 9.21. The molecule has 0 unspecified atom stereocenters. The lowest BCUT2D eigenvalue weighted by atomic mass is 10.1. The largest absolute Gasteiger partial charge is 0.478 e. The summed E-state index contributed by atoms with van der Waals surface area (Å²) < 4.78 is 4.92. The molecule has 0 heterocycles. The third-order valence-electron chi connectivity index (χ3n) is 2.09.